The zero-order valence-corrected chi connectivity index (χ0v) is 16.7. The molecule has 1 N–H and O–H groups in total. The smallest absolute Gasteiger partial charge is 0.409 e. The molecular weight excluding hydrogens is 393 g/mol. The van der Waals surface area contributed by atoms with Gasteiger partial charge in [-0.15, -0.1) is 5.10 Å². The quantitative estimate of drug-likeness (QED) is 0.818. The lowest BCUT2D eigenvalue weighted by atomic mass is 10.0. The molecule has 2 aliphatic rings. The number of nitrogens with one attached hydrogen (secondary N) is 1. The topological polar surface area (TPSA) is 98.6 Å². The van der Waals surface area contributed by atoms with Gasteiger partial charge in [-0.1, -0.05) is 17.3 Å². The average molecular weight is 417 g/mol. The van der Waals surface area contributed by atoms with E-state index in [9.17, 15) is 14.0 Å². The van der Waals surface area contributed by atoms with E-state index in [2.05, 4.69) is 15.6 Å². The van der Waals surface area contributed by atoms with Crippen LogP contribution in [0.1, 0.15) is 47.6 Å². The SMILES string of the molecule is CCOC(=O)N1CCC(NC(=O)c2nnn3c2COC(c2ccc(F)cc2)C3)CC1. The highest BCUT2D eigenvalue weighted by molar-refractivity contribution is 5.93. The van der Waals surface area contributed by atoms with Gasteiger partial charge >= 0.3 is 6.09 Å². The molecule has 3 heterocycles. The number of piperidine rings is 1. The van der Waals surface area contributed by atoms with Crippen LogP contribution in [-0.4, -0.2) is 57.6 Å². The zero-order valence-electron chi connectivity index (χ0n) is 16.7. The van der Waals surface area contributed by atoms with Crippen LogP contribution in [0, 0.1) is 5.82 Å². The van der Waals surface area contributed by atoms with Crippen molar-refractivity contribution in [3.63, 3.8) is 0 Å². The third-order valence-corrected chi connectivity index (χ3v) is 5.41. The minimum Gasteiger partial charge on any atom is -0.450 e. The molecule has 2 aliphatic heterocycles. The monoisotopic (exact) mass is 417 g/mol. The van der Waals surface area contributed by atoms with Gasteiger partial charge in [-0.2, -0.15) is 0 Å². The summed E-state index contributed by atoms with van der Waals surface area (Å²) in [6.07, 6.45) is 0.708. The molecule has 1 unspecified atom stereocenters. The molecule has 30 heavy (non-hydrogen) atoms. The lowest BCUT2D eigenvalue weighted by Crippen LogP contribution is -2.47. The van der Waals surface area contributed by atoms with Crippen molar-refractivity contribution in [2.45, 2.75) is 45.1 Å². The number of aromatic nitrogens is 3. The lowest BCUT2D eigenvalue weighted by Gasteiger charge is -2.31. The predicted octanol–water partition coefficient (Wildman–Crippen LogP) is 2.04. The third-order valence-electron chi connectivity index (χ3n) is 5.41. The highest BCUT2D eigenvalue weighted by Crippen LogP contribution is 2.27. The number of likely N-dealkylation sites (tertiary alicyclic amines) is 1. The van der Waals surface area contributed by atoms with Crippen molar-refractivity contribution in [1.29, 1.82) is 0 Å². The molecule has 0 saturated carbocycles. The van der Waals surface area contributed by atoms with E-state index in [0.717, 1.165) is 5.56 Å². The molecule has 160 valence electrons. The van der Waals surface area contributed by atoms with E-state index >= 15 is 0 Å². The highest BCUT2D eigenvalue weighted by atomic mass is 19.1. The Kier molecular flexibility index (Phi) is 5.93. The fourth-order valence-corrected chi connectivity index (χ4v) is 3.74. The van der Waals surface area contributed by atoms with Gasteiger partial charge in [-0.25, -0.2) is 13.9 Å². The first-order chi connectivity index (χ1) is 14.5. The molecule has 4 rings (SSSR count). The van der Waals surface area contributed by atoms with Crippen molar-refractivity contribution in [2.24, 2.45) is 0 Å². The van der Waals surface area contributed by atoms with E-state index in [1.807, 2.05) is 0 Å². The van der Waals surface area contributed by atoms with Gasteiger partial charge in [0.05, 0.1) is 25.5 Å². The molecule has 0 bridgehead atoms. The Morgan fingerprint density at radius 3 is 2.70 bits per heavy atom. The van der Waals surface area contributed by atoms with Crippen molar-refractivity contribution in [2.75, 3.05) is 19.7 Å². The summed E-state index contributed by atoms with van der Waals surface area (Å²) in [6.45, 7) is 3.78. The van der Waals surface area contributed by atoms with Crippen LogP contribution in [0.4, 0.5) is 9.18 Å². The van der Waals surface area contributed by atoms with Crippen molar-refractivity contribution < 1.29 is 23.5 Å². The molecule has 1 fully saturated rings. The molecular formula is C20H24FN5O4. The van der Waals surface area contributed by atoms with Crippen LogP contribution >= 0.6 is 0 Å². The standard InChI is InChI=1S/C20H24FN5O4/c1-2-29-20(28)25-9-7-15(8-10-25)22-19(27)18-16-12-30-17(11-26(16)24-23-18)13-3-5-14(21)6-4-13/h3-6,15,17H,2,7-12H2,1H3,(H,22,27). The molecule has 1 aromatic carbocycles. The summed E-state index contributed by atoms with van der Waals surface area (Å²) in [5.74, 6) is -0.599. The van der Waals surface area contributed by atoms with Crippen molar-refractivity contribution >= 4 is 12.0 Å². The normalized spacial score (nSPS) is 19.3. The summed E-state index contributed by atoms with van der Waals surface area (Å²) < 4.78 is 25.7. The van der Waals surface area contributed by atoms with Crippen LogP contribution in [0.25, 0.3) is 0 Å². The van der Waals surface area contributed by atoms with Crippen LogP contribution in [-0.2, 0) is 22.6 Å². The second-order valence-corrected chi connectivity index (χ2v) is 7.35. The number of carbonyl (C=O) groups excluding carboxylic acids is 2. The molecule has 2 aromatic rings. The van der Waals surface area contributed by atoms with E-state index in [-0.39, 0.29) is 42.3 Å². The Labute approximate surface area is 173 Å². The Bertz CT molecular complexity index is 908. The number of carbonyl (C=O) groups is 2. The summed E-state index contributed by atoms with van der Waals surface area (Å²) in [4.78, 5) is 26.2. The number of halogens is 1. The molecule has 0 spiro atoms. The number of benzene rings is 1. The number of rotatable bonds is 4. The van der Waals surface area contributed by atoms with Gasteiger partial charge in [-0.05, 0) is 37.5 Å². The number of ether oxygens (including phenoxy) is 2. The Balaban J connectivity index is 1.35. The Hall–Kier alpha value is -3.01. The van der Waals surface area contributed by atoms with Gasteiger partial charge in [0, 0.05) is 19.1 Å². The van der Waals surface area contributed by atoms with Crippen LogP contribution in [0.2, 0.25) is 0 Å². The zero-order chi connectivity index (χ0) is 21.1. The minimum absolute atomic E-state index is 0.0444. The van der Waals surface area contributed by atoms with Gasteiger partial charge in [0.15, 0.2) is 5.69 Å². The van der Waals surface area contributed by atoms with Gasteiger partial charge in [0.1, 0.15) is 11.9 Å². The minimum atomic E-state index is -0.317. The van der Waals surface area contributed by atoms with Crippen LogP contribution in [0.15, 0.2) is 24.3 Å². The highest BCUT2D eigenvalue weighted by Gasteiger charge is 2.30. The first-order valence-electron chi connectivity index (χ1n) is 10.1. The van der Waals surface area contributed by atoms with E-state index in [1.165, 1.54) is 12.1 Å². The van der Waals surface area contributed by atoms with Crippen LogP contribution < -0.4 is 5.32 Å². The van der Waals surface area contributed by atoms with Crippen LogP contribution in [0.5, 0.6) is 0 Å². The fourth-order valence-electron chi connectivity index (χ4n) is 3.74. The van der Waals surface area contributed by atoms with E-state index in [0.29, 0.717) is 44.8 Å². The van der Waals surface area contributed by atoms with Gasteiger partial charge in [0.2, 0.25) is 0 Å². The first-order valence-corrected chi connectivity index (χ1v) is 10.1. The molecule has 0 aliphatic carbocycles. The second kappa shape index (κ2) is 8.78. The number of amides is 2. The number of nitrogens with zero attached hydrogens (tertiary/aromatic N) is 4. The summed E-state index contributed by atoms with van der Waals surface area (Å²) >= 11 is 0. The van der Waals surface area contributed by atoms with E-state index in [4.69, 9.17) is 9.47 Å². The maximum absolute atomic E-state index is 13.1. The summed E-state index contributed by atoms with van der Waals surface area (Å²) in [7, 11) is 0. The first kappa shape index (κ1) is 20.3. The summed E-state index contributed by atoms with van der Waals surface area (Å²) in [5.41, 5.74) is 1.71. The van der Waals surface area contributed by atoms with Crippen molar-refractivity contribution in [3.05, 3.63) is 47.0 Å². The number of hydrogen-bond donors (Lipinski definition) is 1. The average Bonchev–Trinajstić information content (AvgIpc) is 3.18. The fraction of sp³-hybridized carbons (Fsp3) is 0.500. The van der Waals surface area contributed by atoms with Gasteiger partial charge in [0.25, 0.3) is 5.91 Å². The van der Waals surface area contributed by atoms with Gasteiger partial charge in [-0.3, -0.25) is 4.79 Å². The van der Waals surface area contributed by atoms with Crippen LogP contribution in [0.3, 0.4) is 0 Å². The number of fused-ring (bicyclic) bond motifs is 1. The predicted molar refractivity (Wildman–Crippen MR) is 103 cm³/mol. The van der Waals surface area contributed by atoms with E-state index < -0.39 is 0 Å². The molecule has 0 radical (unpaired) electrons. The van der Waals surface area contributed by atoms with Crippen molar-refractivity contribution in [3.8, 4) is 0 Å². The molecule has 1 saturated heterocycles. The number of hydrogen-bond acceptors (Lipinski definition) is 6. The largest absolute Gasteiger partial charge is 0.450 e. The maximum Gasteiger partial charge on any atom is 0.409 e. The summed E-state index contributed by atoms with van der Waals surface area (Å²) in [6, 6.07) is 6.09. The lowest BCUT2D eigenvalue weighted by molar-refractivity contribution is -0.00182. The second-order valence-electron chi connectivity index (χ2n) is 7.35. The molecule has 10 heteroatoms. The Morgan fingerprint density at radius 2 is 2.00 bits per heavy atom. The molecule has 1 atom stereocenters. The van der Waals surface area contributed by atoms with Gasteiger partial charge < -0.3 is 19.7 Å². The summed E-state index contributed by atoms with van der Waals surface area (Å²) in [5, 5.41) is 11.1. The van der Waals surface area contributed by atoms with E-state index in [1.54, 1.807) is 28.6 Å². The molecule has 9 nitrogen and oxygen atoms in total. The third kappa shape index (κ3) is 4.28. The maximum atomic E-state index is 13.1. The molecule has 2 amide bonds. The molecule has 1 aromatic heterocycles. The Morgan fingerprint density at radius 1 is 1.27 bits per heavy atom. The van der Waals surface area contributed by atoms with Crippen molar-refractivity contribution in [1.82, 2.24) is 25.2 Å².